The zero-order valence-corrected chi connectivity index (χ0v) is 16.9. The fourth-order valence-electron chi connectivity index (χ4n) is 2.84. The topological polar surface area (TPSA) is 56.8 Å². The molecule has 5 heteroatoms. The van der Waals surface area contributed by atoms with Crippen LogP contribution in [0.1, 0.15) is 22.7 Å². The molecular formula is C25H23NO4. The predicted molar refractivity (Wildman–Crippen MR) is 116 cm³/mol. The number of ether oxygens (including phenoxy) is 3. The van der Waals surface area contributed by atoms with Crippen LogP contribution >= 0.6 is 0 Å². The fourth-order valence-corrected chi connectivity index (χ4v) is 2.84. The van der Waals surface area contributed by atoms with Crippen LogP contribution < -0.4 is 14.8 Å². The first-order valence-electron chi connectivity index (χ1n) is 9.47. The number of amides is 1. The number of cyclic esters (lactones) is 1. The minimum absolute atomic E-state index is 0.111. The van der Waals surface area contributed by atoms with Crippen LogP contribution in [-0.4, -0.2) is 26.9 Å². The SMILES string of the molecule is COc1ccccc1.COc1ccccc1C#Cc1cccc([C@@H]2COC(=O)N2)c1. The van der Waals surface area contributed by atoms with E-state index in [1.165, 1.54) is 0 Å². The van der Waals surface area contributed by atoms with Crippen molar-refractivity contribution in [3.63, 3.8) is 0 Å². The van der Waals surface area contributed by atoms with Crippen LogP contribution in [-0.2, 0) is 4.74 Å². The van der Waals surface area contributed by atoms with Gasteiger partial charge in [0.1, 0.15) is 18.1 Å². The molecule has 1 N–H and O–H groups in total. The van der Waals surface area contributed by atoms with Gasteiger partial charge >= 0.3 is 6.09 Å². The molecule has 1 amide bonds. The van der Waals surface area contributed by atoms with E-state index in [4.69, 9.17) is 14.2 Å². The van der Waals surface area contributed by atoms with Crippen molar-refractivity contribution < 1.29 is 19.0 Å². The Labute approximate surface area is 176 Å². The highest BCUT2D eigenvalue weighted by atomic mass is 16.6. The lowest BCUT2D eigenvalue weighted by atomic mass is 10.0. The number of methoxy groups -OCH3 is 2. The first-order valence-corrected chi connectivity index (χ1v) is 9.47. The number of nitrogens with one attached hydrogen (secondary N) is 1. The van der Waals surface area contributed by atoms with E-state index in [2.05, 4.69) is 17.2 Å². The number of hydrogen-bond acceptors (Lipinski definition) is 4. The van der Waals surface area contributed by atoms with Crippen molar-refractivity contribution in [2.45, 2.75) is 6.04 Å². The summed E-state index contributed by atoms with van der Waals surface area (Å²) in [5.74, 6) is 7.90. The minimum atomic E-state index is -0.379. The van der Waals surface area contributed by atoms with Crippen molar-refractivity contribution in [1.29, 1.82) is 0 Å². The molecule has 1 atom stereocenters. The Morgan fingerprint density at radius 3 is 2.33 bits per heavy atom. The molecule has 1 heterocycles. The van der Waals surface area contributed by atoms with Crippen LogP contribution in [0.5, 0.6) is 11.5 Å². The van der Waals surface area contributed by atoms with Crippen LogP contribution in [0.4, 0.5) is 4.79 Å². The Hall–Kier alpha value is -3.91. The van der Waals surface area contributed by atoms with E-state index in [0.29, 0.717) is 6.61 Å². The van der Waals surface area contributed by atoms with Crippen molar-refractivity contribution in [2.75, 3.05) is 20.8 Å². The molecule has 0 aromatic heterocycles. The maximum Gasteiger partial charge on any atom is 0.407 e. The highest BCUT2D eigenvalue weighted by Gasteiger charge is 2.23. The normalized spacial score (nSPS) is 14.2. The quantitative estimate of drug-likeness (QED) is 0.653. The fraction of sp³-hybridized carbons (Fsp3) is 0.160. The Morgan fingerprint density at radius 1 is 0.900 bits per heavy atom. The molecule has 3 aromatic carbocycles. The van der Waals surface area contributed by atoms with Gasteiger partial charge in [0.15, 0.2) is 0 Å². The molecular weight excluding hydrogens is 378 g/mol. The van der Waals surface area contributed by atoms with E-state index >= 15 is 0 Å². The Balaban J connectivity index is 0.000000269. The molecule has 0 saturated carbocycles. The number of alkyl carbamates (subject to hydrolysis) is 1. The highest BCUT2D eigenvalue weighted by molar-refractivity contribution is 5.70. The lowest BCUT2D eigenvalue weighted by Crippen LogP contribution is -2.18. The summed E-state index contributed by atoms with van der Waals surface area (Å²) in [5, 5.41) is 2.76. The van der Waals surface area contributed by atoms with Crippen molar-refractivity contribution in [1.82, 2.24) is 5.32 Å². The standard InChI is InChI=1S/C18H15NO3.C7H8O/c1-21-17-8-3-2-6-14(17)10-9-13-5-4-7-15(11-13)16-12-22-18(20)19-16;1-8-7-5-3-2-4-6-7/h2-8,11,16H,12H2,1H3,(H,19,20);2-6H,1H3/t16-;/m0./s1. The second kappa shape index (κ2) is 10.6. The van der Waals surface area contributed by atoms with Gasteiger partial charge in [-0.15, -0.1) is 0 Å². The van der Waals surface area contributed by atoms with Gasteiger partial charge in [-0.1, -0.05) is 54.3 Å². The van der Waals surface area contributed by atoms with Crippen LogP contribution in [0.2, 0.25) is 0 Å². The number of rotatable bonds is 3. The van der Waals surface area contributed by atoms with E-state index in [-0.39, 0.29) is 12.1 Å². The van der Waals surface area contributed by atoms with Crippen molar-refractivity contribution >= 4 is 6.09 Å². The van der Waals surface area contributed by atoms with Gasteiger partial charge in [0.05, 0.1) is 25.8 Å². The van der Waals surface area contributed by atoms with Crippen LogP contribution in [0.3, 0.4) is 0 Å². The number of benzene rings is 3. The summed E-state index contributed by atoms with van der Waals surface area (Å²) in [6.45, 7) is 0.349. The first kappa shape index (κ1) is 20.8. The molecule has 3 aromatic rings. The number of carbonyl (C=O) groups excluding carboxylic acids is 1. The van der Waals surface area contributed by atoms with Gasteiger partial charge < -0.3 is 19.5 Å². The Kier molecular flexibility index (Phi) is 7.34. The third kappa shape index (κ3) is 5.79. The smallest absolute Gasteiger partial charge is 0.407 e. The number of carbonyl (C=O) groups is 1. The van der Waals surface area contributed by atoms with Crippen molar-refractivity contribution in [3.8, 4) is 23.3 Å². The lowest BCUT2D eigenvalue weighted by Gasteiger charge is -2.07. The summed E-state index contributed by atoms with van der Waals surface area (Å²) in [7, 11) is 3.29. The van der Waals surface area contributed by atoms with E-state index < -0.39 is 0 Å². The molecule has 152 valence electrons. The summed E-state index contributed by atoms with van der Waals surface area (Å²) in [5.41, 5.74) is 2.70. The molecule has 5 nitrogen and oxygen atoms in total. The number of hydrogen-bond donors (Lipinski definition) is 1. The molecule has 0 unspecified atom stereocenters. The monoisotopic (exact) mass is 401 g/mol. The zero-order valence-electron chi connectivity index (χ0n) is 16.9. The van der Waals surface area contributed by atoms with Gasteiger partial charge in [-0.05, 0) is 42.0 Å². The molecule has 30 heavy (non-hydrogen) atoms. The van der Waals surface area contributed by atoms with Crippen molar-refractivity contribution in [2.24, 2.45) is 0 Å². The molecule has 0 radical (unpaired) electrons. The van der Waals surface area contributed by atoms with Crippen LogP contribution in [0.15, 0.2) is 78.9 Å². The third-order valence-corrected chi connectivity index (χ3v) is 4.39. The van der Waals surface area contributed by atoms with E-state index in [1.54, 1.807) is 14.2 Å². The first-order chi connectivity index (χ1) is 14.7. The largest absolute Gasteiger partial charge is 0.497 e. The highest BCUT2D eigenvalue weighted by Crippen LogP contribution is 2.19. The van der Waals surface area contributed by atoms with E-state index in [0.717, 1.165) is 28.2 Å². The molecule has 0 spiro atoms. The van der Waals surface area contributed by atoms with E-state index in [1.807, 2.05) is 78.9 Å². The summed E-state index contributed by atoms with van der Waals surface area (Å²) >= 11 is 0. The molecule has 1 saturated heterocycles. The van der Waals surface area contributed by atoms with Gasteiger partial charge in [0, 0.05) is 5.56 Å². The summed E-state index contributed by atoms with van der Waals surface area (Å²) in [6.07, 6.45) is -0.379. The van der Waals surface area contributed by atoms with E-state index in [9.17, 15) is 4.79 Å². The summed E-state index contributed by atoms with van der Waals surface area (Å²) in [4.78, 5) is 11.1. The lowest BCUT2D eigenvalue weighted by molar-refractivity contribution is 0.177. The summed E-state index contributed by atoms with van der Waals surface area (Å²) in [6, 6.07) is 25.0. The number of para-hydroxylation sites is 2. The molecule has 0 bridgehead atoms. The van der Waals surface area contributed by atoms with Gasteiger partial charge in [0.2, 0.25) is 0 Å². The van der Waals surface area contributed by atoms with Crippen molar-refractivity contribution in [3.05, 3.63) is 95.6 Å². The average Bonchev–Trinajstić information content (AvgIpc) is 3.25. The maximum absolute atomic E-state index is 11.1. The summed E-state index contributed by atoms with van der Waals surface area (Å²) < 4.78 is 15.1. The Morgan fingerprint density at radius 2 is 1.67 bits per heavy atom. The second-order valence-electron chi connectivity index (χ2n) is 6.39. The van der Waals surface area contributed by atoms with Crippen LogP contribution in [0, 0.1) is 11.8 Å². The van der Waals surface area contributed by atoms with Gasteiger partial charge in [-0.3, -0.25) is 0 Å². The van der Waals surface area contributed by atoms with Gasteiger partial charge in [-0.25, -0.2) is 4.79 Å². The van der Waals surface area contributed by atoms with Gasteiger partial charge in [-0.2, -0.15) is 0 Å². The molecule has 1 fully saturated rings. The predicted octanol–water partition coefficient (Wildman–Crippen LogP) is 4.57. The Bertz CT molecular complexity index is 1040. The molecule has 4 rings (SSSR count). The zero-order chi connectivity index (χ0) is 21.2. The molecule has 0 aliphatic carbocycles. The molecule has 1 aliphatic heterocycles. The second-order valence-corrected chi connectivity index (χ2v) is 6.39. The third-order valence-electron chi connectivity index (χ3n) is 4.39. The average molecular weight is 401 g/mol. The maximum atomic E-state index is 11.1. The minimum Gasteiger partial charge on any atom is -0.497 e. The van der Waals surface area contributed by atoms with Crippen LogP contribution in [0.25, 0.3) is 0 Å². The van der Waals surface area contributed by atoms with Gasteiger partial charge in [0.25, 0.3) is 0 Å². The molecule has 1 aliphatic rings.